The Bertz CT molecular complexity index is 970. The summed E-state index contributed by atoms with van der Waals surface area (Å²) < 4.78 is 42.3. The van der Waals surface area contributed by atoms with Crippen LogP contribution in [0.4, 0.5) is 13.2 Å². The van der Waals surface area contributed by atoms with Gasteiger partial charge in [-0.3, -0.25) is 4.90 Å². The van der Waals surface area contributed by atoms with Crippen molar-refractivity contribution < 1.29 is 13.2 Å². The molecule has 1 aliphatic heterocycles. The molecular formula is C17H21F3N6S. The molecule has 4 rings (SSSR count). The van der Waals surface area contributed by atoms with Crippen molar-refractivity contribution in [1.29, 1.82) is 0 Å². The van der Waals surface area contributed by atoms with Crippen molar-refractivity contribution in [3.8, 4) is 0 Å². The lowest BCUT2D eigenvalue weighted by molar-refractivity contribution is -0.141. The second-order valence-corrected chi connectivity index (χ2v) is 8.29. The van der Waals surface area contributed by atoms with Gasteiger partial charge in [-0.1, -0.05) is 11.3 Å². The molecule has 10 heteroatoms. The predicted octanol–water partition coefficient (Wildman–Crippen LogP) is 3.54. The van der Waals surface area contributed by atoms with Crippen molar-refractivity contribution in [2.75, 3.05) is 13.1 Å². The first kappa shape index (κ1) is 18.4. The molecule has 1 saturated heterocycles. The van der Waals surface area contributed by atoms with Crippen molar-refractivity contribution in [3.05, 3.63) is 34.1 Å². The third-order valence-corrected chi connectivity index (χ3v) is 5.87. The summed E-state index contributed by atoms with van der Waals surface area (Å²) in [7, 11) is 1.64. The molecule has 4 heterocycles. The van der Waals surface area contributed by atoms with E-state index in [9.17, 15) is 13.2 Å². The zero-order valence-corrected chi connectivity index (χ0v) is 16.2. The van der Waals surface area contributed by atoms with Crippen LogP contribution in [0.1, 0.15) is 46.7 Å². The lowest BCUT2D eigenvalue weighted by Gasteiger charge is -2.32. The van der Waals surface area contributed by atoms with Gasteiger partial charge in [-0.05, 0) is 33.2 Å². The largest absolute Gasteiger partial charge is 0.434 e. The van der Waals surface area contributed by atoms with Crippen LogP contribution in [-0.2, 0) is 19.8 Å². The fourth-order valence-electron chi connectivity index (χ4n) is 3.79. The van der Waals surface area contributed by atoms with Gasteiger partial charge in [-0.15, -0.1) is 0 Å². The Labute approximate surface area is 158 Å². The van der Waals surface area contributed by atoms with E-state index in [1.165, 1.54) is 4.57 Å². The topological polar surface area (TPSA) is 51.2 Å². The maximum Gasteiger partial charge on any atom is 0.434 e. The number of nitrogens with zero attached hydrogens (tertiary/aromatic N) is 6. The summed E-state index contributed by atoms with van der Waals surface area (Å²) in [6.07, 6.45) is -1.56. The predicted molar refractivity (Wildman–Crippen MR) is 95.8 cm³/mol. The van der Waals surface area contributed by atoms with Gasteiger partial charge in [0.15, 0.2) is 5.69 Å². The highest BCUT2D eigenvalue weighted by Gasteiger charge is 2.36. The number of hydrogen-bond acceptors (Lipinski definition) is 5. The molecule has 0 aliphatic carbocycles. The highest BCUT2D eigenvalue weighted by Crippen LogP contribution is 2.32. The molecule has 1 fully saturated rings. The second-order valence-electron chi connectivity index (χ2n) is 7.13. The van der Waals surface area contributed by atoms with Gasteiger partial charge in [0.1, 0.15) is 10.8 Å². The van der Waals surface area contributed by atoms with Crippen molar-refractivity contribution in [3.63, 3.8) is 0 Å². The van der Waals surface area contributed by atoms with E-state index in [1.807, 2.05) is 18.4 Å². The van der Waals surface area contributed by atoms with Crippen molar-refractivity contribution in [1.82, 2.24) is 29.0 Å². The number of likely N-dealkylation sites (tertiary alicyclic amines) is 1. The van der Waals surface area contributed by atoms with Crippen LogP contribution < -0.4 is 0 Å². The Hall–Kier alpha value is -1.94. The van der Waals surface area contributed by atoms with E-state index >= 15 is 0 Å². The average Bonchev–Trinajstić information content (AvgIpc) is 3.22. The highest BCUT2D eigenvalue weighted by atomic mass is 32.1. The van der Waals surface area contributed by atoms with Gasteiger partial charge in [-0.2, -0.15) is 18.3 Å². The molecular weight excluding hydrogens is 377 g/mol. The van der Waals surface area contributed by atoms with Crippen LogP contribution in [0, 0.1) is 13.8 Å². The SMILES string of the molecule is Cc1nn2c(CN3CCCC(c4nc(C(F)(F)F)cn4C)C3)c(C)nc2s1. The first-order valence-corrected chi connectivity index (χ1v) is 9.68. The smallest absolute Gasteiger partial charge is 0.337 e. The maximum atomic E-state index is 13.0. The minimum absolute atomic E-state index is 0.0132. The molecule has 0 bridgehead atoms. The molecule has 3 aromatic heterocycles. The van der Waals surface area contributed by atoms with Crippen LogP contribution in [0.5, 0.6) is 0 Å². The Morgan fingerprint density at radius 3 is 2.74 bits per heavy atom. The third-order valence-electron chi connectivity index (χ3n) is 5.04. The third kappa shape index (κ3) is 3.47. The Morgan fingerprint density at radius 2 is 2.04 bits per heavy atom. The molecule has 1 atom stereocenters. The van der Waals surface area contributed by atoms with Crippen molar-refractivity contribution in [2.24, 2.45) is 7.05 Å². The zero-order chi connectivity index (χ0) is 19.3. The summed E-state index contributed by atoms with van der Waals surface area (Å²) in [6.45, 7) is 6.19. The van der Waals surface area contributed by atoms with Gasteiger partial charge in [-0.25, -0.2) is 14.5 Å². The molecule has 0 spiro atoms. The van der Waals surface area contributed by atoms with Gasteiger partial charge in [0, 0.05) is 32.3 Å². The minimum Gasteiger partial charge on any atom is -0.337 e. The van der Waals surface area contributed by atoms with E-state index in [4.69, 9.17) is 0 Å². The molecule has 1 aliphatic rings. The minimum atomic E-state index is -4.41. The number of fused-ring (bicyclic) bond motifs is 1. The zero-order valence-electron chi connectivity index (χ0n) is 15.4. The number of aromatic nitrogens is 5. The first-order valence-electron chi connectivity index (χ1n) is 8.87. The fourth-order valence-corrected chi connectivity index (χ4v) is 4.59. The molecule has 146 valence electrons. The van der Waals surface area contributed by atoms with E-state index in [2.05, 4.69) is 20.0 Å². The normalized spacial score (nSPS) is 19.3. The van der Waals surface area contributed by atoms with Crippen LogP contribution in [0.15, 0.2) is 6.20 Å². The van der Waals surface area contributed by atoms with E-state index in [1.54, 1.807) is 18.4 Å². The summed E-state index contributed by atoms with van der Waals surface area (Å²) >= 11 is 1.56. The molecule has 1 unspecified atom stereocenters. The van der Waals surface area contributed by atoms with E-state index in [-0.39, 0.29) is 5.92 Å². The number of halogens is 3. The summed E-state index contributed by atoms with van der Waals surface area (Å²) in [6, 6.07) is 0. The number of alkyl halides is 3. The fraction of sp³-hybridized carbons (Fsp3) is 0.588. The van der Waals surface area contributed by atoms with Crippen LogP contribution >= 0.6 is 11.3 Å². The number of hydrogen-bond donors (Lipinski definition) is 0. The van der Waals surface area contributed by atoms with Gasteiger partial charge >= 0.3 is 6.18 Å². The van der Waals surface area contributed by atoms with Gasteiger partial charge < -0.3 is 4.57 Å². The van der Waals surface area contributed by atoms with Crippen LogP contribution in [-0.4, -0.2) is 42.1 Å². The Morgan fingerprint density at radius 1 is 1.26 bits per heavy atom. The van der Waals surface area contributed by atoms with Crippen LogP contribution in [0.25, 0.3) is 4.96 Å². The summed E-state index contributed by atoms with van der Waals surface area (Å²) in [5.41, 5.74) is 1.18. The van der Waals surface area contributed by atoms with Crippen molar-refractivity contribution in [2.45, 2.75) is 45.3 Å². The molecule has 27 heavy (non-hydrogen) atoms. The van der Waals surface area contributed by atoms with Crippen molar-refractivity contribution >= 4 is 16.3 Å². The molecule has 3 aromatic rings. The molecule has 0 N–H and O–H groups in total. The lowest BCUT2D eigenvalue weighted by atomic mass is 9.97. The number of piperidine rings is 1. The summed E-state index contributed by atoms with van der Waals surface area (Å²) in [4.78, 5) is 11.6. The monoisotopic (exact) mass is 398 g/mol. The molecule has 0 saturated carbocycles. The van der Waals surface area contributed by atoms with E-state index < -0.39 is 11.9 Å². The molecule has 0 radical (unpaired) electrons. The lowest BCUT2D eigenvalue weighted by Crippen LogP contribution is -2.35. The average molecular weight is 398 g/mol. The summed E-state index contributed by atoms with van der Waals surface area (Å²) in [5.74, 6) is 0.493. The summed E-state index contributed by atoms with van der Waals surface area (Å²) in [5, 5.41) is 5.49. The standard InChI is InChI=1S/C17H21F3N6S/c1-10-13(26-16(21-10)27-11(2)23-26)8-25-6-4-5-12(7-25)15-22-14(9-24(15)3)17(18,19)20/h9,12H,4-8H2,1-3H3. The van der Waals surface area contributed by atoms with Crippen LogP contribution in [0.2, 0.25) is 0 Å². The molecule has 0 aromatic carbocycles. The van der Waals surface area contributed by atoms with Gasteiger partial charge in [0.25, 0.3) is 0 Å². The van der Waals surface area contributed by atoms with E-state index in [0.29, 0.717) is 18.9 Å². The quantitative estimate of drug-likeness (QED) is 0.677. The molecule has 6 nitrogen and oxygen atoms in total. The maximum absolute atomic E-state index is 13.0. The first-order chi connectivity index (χ1) is 12.7. The second kappa shape index (κ2) is 6.59. The van der Waals surface area contributed by atoms with Gasteiger partial charge in [0.05, 0.1) is 11.4 Å². The van der Waals surface area contributed by atoms with Crippen LogP contribution in [0.3, 0.4) is 0 Å². The Kier molecular flexibility index (Phi) is 4.50. The van der Waals surface area contributed by atoms with Gasteiger partial charge in [0.2, 0.25) is 4.96 Å². The number of aryl methyl sites for hydroxylation is 3. The highest BCUT2D eigenvalue weighted by molar-refractivity contribution is 7.16. The molecule has 0 amide bonds. The van der Waals surface area contributed by atoms with E-state index in [0.717, 1.165) is 46.9 Å². The Balaban J connectivity index is 1.55. The number of imidazole rings is 2. The number of rotatable bonds is 3.